The Morgan fingerprint density at radius 1 is 1.45 bits per heavy atom. The highest BCUT2D eigenvalue weighted by atomic mass is 32.1. The van der Waals surface area contributed by atoms with E-state index in [0.717, 1.165) is 17.8 Å². The standard InChI is InChI=1S/C15H18N2O2S/c1-2-3-5-17-12-4-10-20-14(12)11-13(17)15(18)16-6-8-19-9-7-16/h2-4,10-11H,5-9H2,1H3. The number of amides is 1. The normalized spacial score (nSPS) is 16.4. The van der Waals surface area contributed by atoms with Gasteiger partial charge in [-0.15, -0.1) is 11.3 Å². The highest BCUT2D eigenvalue weighted by Crippen LogP contribution is 2.26. The van der Waals surface area contributed by atoms with E-state index in [4.69, 9.17) is 4.74 Å². The fourth-order valence-electron chi connectivity index (χ4n) is 2.49. The second kappa shape index (κ2) is 5.81. The number of carbonyl (C=O) groups is 1. The van der Waals surface area contributed by atoms with Crippen molar-refractivity contribution < 1.29 is 9.53 Å². The van der Waals surface area contributed by atoms with Crippen molar-refractivity contribution in [1.29, 1.82) is 0 Å². The molecule has 2 aromatic rings. The third kappa shape index (κ3) is 2.39. The SMILES string of the molecule is CC=CCn1c(C(=O)N2CCOCC2)cc2sccc21. The quantitative estimate of drug-likeness (QED) is 0.815. The Kier molecular flexibility index (Phi) is 3.89. The van der Waals surface area contributed by atoms with Crippen LogP contribution >= 0.6 is 11.3 Å². The average Bonchev–Trinajstić information content (AvgIpc) is 3.06. The van der Waals surface area contributed by atoms with Gasteiger partial charge >= 0.3 is 0 Å². The van der Waals surface area contributed by atoms with Crippen LogP contribution < -0.4 is 0 Å². The molecule has 1 saturated heterocycles. The lowest BCUT2D eigenvalue weighted by atomic mass is 10.3. The van der Waals surface area contributed by atoms with Gasteiger partial charge in [-0.3, -0.25) is 4.79 Å². The van der Waals surface area contributed by atoms with Gasteiger partial charge in [0.25, 0.3) is 5.91 Å². The predicted molar refractivity (Wildman–Crippen MR) is 81.4 cm³/mol. The summed E-state index contributed by atoms with van der Waals surface area (Å²) in [7, 11) is 0. The van der Waals surface area contributed by atoms with Crippen molar-refractivity contribution in [2.24, 2.45) is 0 Å². The van der Waals surface area contributed by atoms with E-state index in [-0.39, 0.29) is 5.91 Å². The van der Waals surface area contributed by atoms with Crippen molar-refractivity contribution in [3.8, 4) is 0 Å². The minimum Gasteiger partial charge on any atom is -0.378 e. The van der Waals surface area contributed by atoms with E-state index >= 15 is 0 Å². The van der Waals surface area contributed by atoms with Gasteiger partial charge in [0.2, 0.25) is 0 Å². The van der Waals surface area contributed by atoms with Gasteiger partial charge in [-0.25, -0.2) is 0 Å². The fourth-order valence-corrected chi connectivity index (χ4v) is 3.31. The Bertz CT molecular complexity index is 635. The number of aromatic nitrogens is 1. The molecule has 5 heteroatoms. The number of nitrogens with zero attached hydrogens (tertiary/aromatic N) is 2. The number of hydrogen-bond acceptors (Lipinski definition) is 3. The number of hydrogen-bond donors (Lipinski definition) is 0. The summed E-state index contributed by atoms with van der Waals surface area (Å²) in [6, 6.07) is 4.10. The molecule has 3 heterocycles. The summed E-state index contributed by atoms with van der Waals surface area (Å²) in [5.41, 5.74) is 1.93. The van der Waals surface area contributed by atoms with Crippen LogP contribution in [0.5, 0.6) is 0 Å². The lowest BCUT2D eigenvalue weighted by Gasteiger charge is -2.27. The van der Waals surface area contributed by atoms with Crippen molar-refractivity contribution in [1.82, 2.24) is 9.47 Å². The van der Waals surface area contributed by atoms with Crippen LogP contribution in [0.25, 0.3) is 10.2 Å². The minimum absolute atomic E-state index is 0.112. The number of morpholine rings is 1. The molecule has 4 nitrogen and oxygen atoms in total. The summed E-state index contributed by atoms with van der Waals surface area (Å²) in [6.07, 6.45) is 4.09. The first-order chi connectivity index (χ1) is 9.81. The van der Waals surface area contributed by atoms with Gasteiger partial charge in [0.1, 0.15) is 5.69 Å². The third-order valence-electron chi connectivity index (χ3n) is 3.56. The molecule has 0 N–H and O–H groups in total. The summed E-state index contributed by atoms with van der Waals surface area (Å²) < 4.78 is 8.59. The number of thiophene rings is 1. The van der Waals surface area contributed by atoms with Crippen molar-refractivity contribution in [2.45, 2.75) is 13.5 Å². The molecule has 1 fully saturated rings. The molecule has 0 atom stereocenters. The number of ether oxygens (including phenoxy) is 1. The van der Waals surface area contributed by atoms with Crippen LogP contribution in [-0.4, -0.2) is 41.7 Å². The maximum absolute atomic E-state index is 12.7. The minimum atomic E-state index is 0.112. The molecule has 0 bridgehead atoms. The summed E-state index contributed by atoms with van der Waals surface area (Å²) in [6.45, 7) is 5.37. The van der Waals surface area contributed by atoms with E-state index < -0.39 is 0 Å². The van der Waals surface area contributed by atoms with Crippen molar-refractivity contribution in [2.75, 3.05) is 26.3 Å². The van der Waals surface area contributed by atoms with Crippen LogP contribution in [0.4, 0.5) is 0 Å². The molecular formula is C15H18N2O2S. The van der Waals surface area contributed by atoms with Crippen LogP contribution in [0.3, 0.4) is 0 Å². The molecule has 20 heavy (non-hydrogen) atoms. The van der Waals surface area contributed by atoms with Gasteiger partial charge in [-0.05, 0) is 24.4 Å². The first-order valence-electron chi connectivity index (χ1n) is 6.86. The summed E-state index contributed by atoms with van der Waals surface area (Å²) in [5.74, 6) is 0.112. The average molecular weight is 290 g/mol. The largest absolute Gasteiger partial charge is 0.378 e. The van der Waals surface area contributed by atoms with Crippen LogP contribution in [0, 0.1) is 0 Å². The second-order valence-electron chi connectivity index (χ2n) is 4.78. The summed E-state index contributed by atoms with van der Waals surface area (Å²) >= 11 is 1.68. The molecule has 2 aromatic heterocycles. The van der Waals surface area contributed by atoms with E-state index in [1.165, 1.54) is 4.70 Å². The van der Waals surface area contributed by atoms with Crippen molar-refractivity contribution >= 4 is 27.5 Å². The Morgan fingerprint density at radius 2 is 2.25 bits per heavy atom. The molecule has 0 spiro atoms. The van der Waals surface area contributed by atoms with Crippen LogP contribution in [0.15, 0.2) is 29.7 Å². The zero-order chi connectivity index (χ0) is 13.9. The molecular weight excluding hydrogens is 272 g/mol. The van der Waals surface area contributed by atoms with Crippen molar-refractivity contribution in [3.05, 3.63) is 35.4 Å². The van der Waals surface area contributed by atoms with E-state index in [1.54, 1.807) is 11.3 Å². The number of carbonyl (C=O) groups excluding carboxylic acids is 1. The Morgan fingerprint density at radius 3 is 3.00 bits per heavy atom. The molecule has 1 aliphatic rings. The van der Waals surface area contributed by atoms with Gasteiger partial charge in [-0.1, -0.05) is 12.2 Å². The lowest BCUT2D eigenvalue weighted by Crippen LogP contribution is -2.41. The van der Waals surface area contributed by atoms with E-state index in [9.17, 15) is 4.79 Å². The summed E-state index contributed by atoms with van der Waals surface area (Å²) in [5, 5.41) is 2.07. The van der Waals surface area contributed by atoms with E-state index in [2.05, 4.69) is 22.1 Å². The molecule has 0 aromatic carbocycles. The highest BCUT2D eigenvalue weighted by Gasteiger charge is 2.23. The maximum Gasteiger partial charge on any atom is 0.270 e. The first kappa shape index (κ1) is 13.4. The summed E-state index contributed by atoms with van der Waals surface area (Å²) in [4.78, 5) is 14.6. The Balaban J connectivity index is 1.96. The first-order valence-corrected chi connectivity index (χ1v) is 7.74. The zero-order valence-electron chi connectivity index (χ0n) is 11.5. The molecule has 1 amide bonds. The number of allylic oxidation sites excluding steroid dienone is 2. The highest BCUT2D eigenvalue weighted by molar-refractivity contribution is 7.17. The second-order valence-corrected chi connectivity index (χ2v) is 5.73. The zero-order valence-corrected chi connectivity index (χ0v) is 12.4. The topological polar surface area (TPSA) is 34.5 Å². The molecule has 0 unspecified atom stereocenters. The van der Waals surface area contributed by atoms with Gasteiger partial charge in [0.15, 0.2) is 0 Å². The molecule has 0 saturated carbocycles. The van der Waals surface area contributed by atoms with Crippen LogP contribution in [0.2, 0.25) is 0 Å². The number of fused-ring (bicyclic) bond motifs is 1. The molecule has 106 valence electrons. The van der Waals surface area contributed by atoms with Gasteiger partial charge in [-0.2, -0.15) is 0 Å². The fraction of sp³-hybridized carbons (Fsp3) is 0.400. The molecule has 0 radical (unpaired) electrons. The molecule has 0 aliphatic carbocycles. The van der Waals surface area contributed by atoms with Gasteiger partial charge in [0.05, 0.1) is 23.4 Å². The Labute approximate surface area is 122 Å². The van der Waals surface area contributed by atoms with E-state index in [1.807, 2.05) is 24.0 Å². The monoisotopic (exact) mass is 290 g/mol. The molecule has 1 aliphatic heterocycles. The van der Waals surface area contributed by atoms with Crippen LogP contribution in [-0.2, 0) is 11.3 Å². The maximum atomic E-state index is 12.7. The van der Waals surface area contributed by atoms with Gasteiger partial charge < -0.3 is 14.2 Å². The Hall–Kier alpha value is -1.59. The van der Waals surface area contributed by atoms with Crippen molar-refractivity contribution in [3.63, 3.8) is 0 Å². The molecule has 3 rings (SSSR count). The van der Waals surface area contributed by atoms with Crippen LogP contribution in [0.1, 0.15) is 17.4 Å². The smallest absolute Gasteiger partial charge is 0.270 e. The number of rotatable bonds is 3. The predicted octanol–water partition coefficient (Wildman–Crippen LogP) is 2.75. The van der Waals surface area contributed by atoms with Gasteiger partial charge in [0, 0.05) is 19.6 Å². The third-order valence-corrected chi connectivity index (χ3v) is 4.42. The lowest BCUT2D eigenvalue weighted by molar-refractivity contribution is 0.0296. The van der Waals surface area contributed by atoms with E-state index in [0.29, 0.717) is 26.3 Å².